The second-order valence-corrected chi connectivity index (χ2v) is 3.44. The molecule has 0 bridgehead atoms. The van der Waals surface area contributed by atoms with Crippen LogP contribution in [0.4, 0.5) is 0 Å². The zero-order valence-corrected chi connectivity index (χ0v) is 7.74. The van der Waals surface area contributed by atoms with Crippen molar-refractivity contribution >= 4 is 21.9 Å². The molecule has 0 spiro atoms. The van der Waals surface area contributed by atoms with Crippen LogP contribution in [0.15, 0.2) is 35.1 Å². The lowest BCUT2D eigenvalue weighted by Crippen LogP contribution is -2.02. The van der Waals surface area contributed by atoms with Crippen molar-refractivity contribution in [2.24, 2.45) is 0 Å². The molecule has 0 aliphatic carbocycles. The molecule has 3 rings (SSSR count). The van der Waals surface area contributed by atoms with Gasteiger partial charge in [-0.05, 0) is 6.07 Å². The first-order valence-electron chi connectivity index (χ1n) is 4.58. The number of para-hydroxylation sites is 1. The molecule has 0 atom stereocenters. The summed E-state index contributed by atoms with van der Waals surface area (Å²) in [6, 6.07) is 8.74. The van der Waals surface area contributed by atoms with E-state index in [0.29, 0.717) is 11.0 Å². The Morgan fingerprint density at radius 2 is 1.87 bits per heavy atom. The van der Waals surface area contributed by atoms with Gasteiger partial charge < -0.3 is 15.1 Å². The third-order valence-corrected chi connectivity index (χ3v) is 2.48. The summed E-state index contributed by atoms with van der Waals surface area (Å²) in [5, 5.41) is 10.5. The lowest BCUT2D eigenvalue weighted by atomic mass is 10.2. The van der Waals surface area contributed by atoms with E-state index < -0.39 is 0 Å². The van der Waals surface area contributed by atoms with Crippen LogP contribution in [-0.2, 0) is 0 Å². The monoisotopic (exact) mass is 200 g/mol. The Labute approximate surface area is 84.2 Å². The van der Waals surface area contributed by atoms with Gasteiger partial charge in [-0.15, -0.1) is 0 Å². The van der Waals surface area contributed by atoms with E-state index in [2.05, 4.69) is 9.97 Å². The van der Waals surface area contributed by atoms with E-state index in [1.54, 1.807) is 0 Å². The van der Waals surface area contributed by atoms with Gasteiger partial charge in [0.05, 0.1) is 5.52 Å². The minimum Gasteiger partial charge on any atom is -0.505 e. The fourth-order valence-corrected chi connectivity index (χ4v) is 1.82. The van der Waals surface area contributed by atoms with Crippen molar-refractivity contribution in [1.82, 2.24) is 9.97 Å². The standard InChI is InChI=1S/C11H8N2O2/c14-8-5-9(15)13-10-6-3-1-2-4-7(6)12-11(8)10/h1-5,12H,(H2,13,14,15). The summed E-state index contributed by atoms with van der Waals surface area (Å²) in [6.45, 7) is 0. The summed E-state index contributed by atoms with van der Waals surface area (Å²) in [7, 11) is 0. The van der Waals surface area contributed by atoms with E-state index >= 15 is 0 Å². The van der Waals surface area contributed by atoms with E-state index in [1.165, 1.54) is 0 Å². The minimum atomic E-state index is -0.301. The number of fused-ring (bicyclic) bond motifs is 3. The van der Waals surface area contributed by atoms with Crippen LogP contribution in [0.5, 0.6) is 5.75 Å². The number of benzene rings is 1. The van der Waals surface area contributed by atoms with Gasteiger partial charge in [0, 0.05) is 17.0 Å². The van der Waals surface area contributed by atoms with Crippen LogP contribution in [0, 0.1) is 0 Å². The molecule has 3 N–H and O–H groups in total. The number of hydrogen-bond acceptors (Lipinski definition) is 2. The third-order valence-electron chi connectivity index (χ3n) is 2.48. The van der Waals surface area contributed by atoms with E-state index in [4.69, 9.17) is 0 Å². The highest BCUT2D eigenvalue weighted by atomic mass is 16.3. The van der Waals surface area contributed by atoms with E-state index in [-0.39, 0.29) is 11.3 Å². The first-order chi connectivity index (χ1) is 7.25. The van der Waals surface area contributed by atoms with Crippen LogP contribution in [0.3, 0.4) is 0 Å². The molecular formula is C11H8N2O2. The van der Waals surface area contributed by atoms with Crippen molar-refractivity contribution in [3.8, 4) is 5.75 Å². The highest BCUT2D eigenvalue weighted by Gasteiger charge is 2.08. The topological polar surface area (TPSA) is 68.9 Å². The SMILES string of the molecule is O=c1cc(O)c2[nH]c3ccccc3c2[nH]1. The summed E-state index contributed by atoms with van der Waals surface area (Å²) < 4.78 is 0. The summed E-state index contributed by atoms with van der Waals surface area (Å²) in [5.41, 5.74) is 1.81. The minimum absolute atomic E-state index is 0.0232. The molecule has 0 amide bonds. The highest BCUT2D eigenvalue weighted by molar-refractivity contribution is 6.06. The highest BCUT2D eigenvalue weighted by Crippen LogP contribution is 2.27. The number of aromatic hydroxyl groups is 1. The number of hydrogen-bond donors (Lipinski definition) is 3. The summed E-state index contributed by atoms with van der Waals surface area (Å²) in [4.78, 5) is 17.0. The van der Waals surface area contributed by atoms with Crippen molar-refractivity contribution in [3.05, 3.63) is 40.7 Å². The third kappa shape index (κ3) is 1.05. The Morgan fingerprint density at radius 1 is 1.07 bits per heavy atom. The summed E-state index contributed by atoms with van der Waals surface area (Å²) in [6.07, 6.45) is 0. The Hall–Kier alpha value is -2.23. The van der Waals surface area contributed by atoms with Crippen molar-refractivity contribution in [2.75, 3.05) is 0 Å². The Balaban J connectivity index is 2.66. The van der Waals surface area contributed by atoms with Gasteiger partial charge in [-0.2, -0.15) is 0 Å². The maximum Gasteiger partial charge on any atom is 0.252 e. The van der Waals surface area contributed by atoms with Gasteiger partial charge in [0.1, 0.15) is 11.3 Å². The van der Waals surface area contributed by atoms with E-state index in [9.17, 15) is 9.90 Å². The molecule has 0 saturated carbocycles. The molecule has 0 aliphatic heterocycles. The van der Waals surface area contributed by atoms with Gasteiger partial charge in [0.2, 0.25) is 0 Å². The second-order valence-electron chi connectivity index (χ2n) is 3.44. The van der Waals surface area contributed by atoms with E-state index in [0.717, 1.165) is 17.0 Å². The van der Waals surface area contributed by atoms with Crippen molar-refractivity contribution < 1.29 is 5.11 Å². The molecule has 0 aliphatic rings. The fraction of sp³-hybridized carbons (Fsp3) is 0. The molecule has 2 aromatic heterocycles. The van der Waals surface area contributed by atoms with Crippen molar-refractivity contribution in [1.29, 1.82) is 0 Å². The second kappa shape index (κ2) is 2.63. The molecule has 4 nitrogen and oxygen atoms in total. The summed E-state index contributed by atoms with van der Waals surface area (Å²) in [5.74, 6) is -0.0232. The normalized spacial score (nSPS) is 11.2. The van der Waals surface area contributed by atoms with Gasteiger partial charge in [0.15, 0.2) is 0 Å². The zero-order valence-electron chi connectivity index (χ0n) is 7.74. The van der Waals surface area contributed by atoms with Gasteiger partial charge in [-0.25, -0.2) is 0 Å². The predicted molar refractivity (Wildman–Crippen MR) is 58.1 cm³/mol. The molecule has 0 saturated heterocycles. The largest absolute Gasteiger partial charge is 0.505 e. The number of rotatable bonds is 0. The average Bonchev–Trinajstić information content (AvgIpc) is 2.57. The first kappa shape index (κ1) is 8.11. The Bertz CT molecular complexity index is 709. The van der Waals surface area contributed by atoms with Gasteiger partial charge in [-0.3, -0.25) is 4.79 Å². The number of H-pyrrole nitrogens is 2. The lowest BCUT2D eigenvalue weighted by Gasteiger charge is -1.92. The average molecular weight is 200 g/mol. The molecule has 15 heavy (non-hydrogen) atoms. The number of aromatic nitrogens is 2. The van der Waals surface area contributed by atoms with Gasteiger partial charge in [-0.1, -0.05) is 18.2 Å². The Morgan fingerprint density at radius 3 is 2.73 bits per heavy atom. The van der Waals surface area contributed by atoms with Crippen LogP contribution in [-0.4, -0.2) is 15.1 Å². The molecule has 0 unspecified atom stereocenters. The Kier molecular flexibility index (Phi) is 1.42. The molecule has 1 aromatic carbocycles. The molecule has 4 heteroatoms. The van der Waals surface area contributed by atoms with Gasteiger partial charge >= 0.3 is 0 Å². The quantitative estimate of drug-likeness (QED) is 0.517. The number of aromatic amines is 2. The van der Waals surface area contributed by atoms with Crippen LogP contribution in [0.2, 0.25) is 0 Å². The van der Waals surface area contributed by atoms with Crippen LogP contribution in [0.25, 0.3) is 21.9 Å². The molecule has 74 valence electrons. The fourth-order valence-electron chi connectivity index (χ4n) is 1.82. The van der Waals surface area contributed by atoms with Crippen LogP contribution < -0.4 is 5.56 Å². The van der Waals surface area contributed by atoms with Gasteiger partial charge in [0.25, 0.3) is 5.56 Å². The summed E-state index contributed by atoms with van der Waals surface area (Å²) >= 11 is 0. The smallest absolute Gasteiger partial charge is 0.252 e. The molecule has 0 fully saturated rings. The van der Waals surface area contributed by atoms with Crippen molar-refractivity contribution in [2.45, 2.75) is 0 Å². The first-order valence-corrected chi connectivity index (χ1v) is 4.58. The van der Waals surface area contributed by atoms with Crippen LogP contribution in [0.1, 0.15) is 0 Å². The maximum absolute atomic E-state index is 11.2. The maximum atomic E-state index is 11.2. The molecule has 0 radical (unpaired) electrons. The molecular weight excluding hydrogens is 192 g/mol. The van der Waals surface area contributed by atoms with Crippen molar-refractivity contribution in [3.63, 3.8) is 0 Å². The molecule has 2 heterocycles. The van der Waals surface area contributed by atoms with E-state index in [1.807, 2.05) is 24.3 Å². The number of pyridine rings is 1. The predicted octanol–water partition coefficient (Wildman–Crippen LogP) is 1.71. The zero-order chi connectivity index (χ0) is 10.4. The number of nitrogens with one attached hydrogen (secondary N) is 2. The molecule has 3 aromatic rings. The lowest BCUT2D eigenvalue weighted by molar-refractivity contribution is 0.479. The van der Waals surface area contributed by atoms with Crippen LogP contribution >= 0.6 is 0 Å².